The summed E-state index contributed by atoms with van der Waals surface area (Å²) in [4.78, 5) is 37.1. The maximum Gasteiger partial charge on any atom is 0.332 e. The highest BCUT2D eigenvalue weighted by Crippen LogP contribution is 2.11. The Hall–Kier alpha value is -3.72. The van der Waals surface area contributed by atoms with Crippen molar-refractivity contribution in [3.63, 3.8) is 0 Å². The van der Waals surface area contributed by atoms with Gasteiger partial charge >= 0.3 is 5.97 Å². The van der Waals surface area contributed by atoms with Crippen molar-refractivity contribution in [1.29, 1.82) is 5.41 Å². The van der Waals surface area contributed by atoms with Crippen LogP contribution in [0.25, 0.3) is 0 Å². The number of nitrogens with one attached hydrogen (secondary N) is 2. The summed E-state index contributed by atoms with van der Waals surface area (Å²) < 4.78 is 0. The van der Waals surface area contributed by atoms with Crippen molar-refractivity contribution in [3.8, 4) is 0 Å². The number of aliphatic carboxylic acids is 1. The number of carbonyl (C=O) groups is 3. The van der Waals surface area contributed by atoms with E-state index < -0.39 is 23.9 Å². The Kier molecular flexibility index (Phi) is 7.44. The van der Waals surface area contributed by atoms with Gasteiger partial charge in [0.15, 0.2) is 6.10 Å². The van der Waals surface area contributed by atoms with E-state index in [2.05, 4.69) is 5.32 Å². The first kappa shape index (κ1) is 21.6. The molecule has 0 radical (unpaired) electrons. The molecule has 6 N–H and O–H groups in total. The maximum absolute atomic E-state index is 12.7. The number of nitrogen functional groups attached to an aromatic ring is 1. The summed E-state index contributed by atoms with van der Waals surface area (Å²) in [6.07, 6.45) is -1.85. The van der Waals surface area contributed by atoms with Crippen LogP contribution >= 0.6 is 0 Å². The van der Waals surface area contributed by atoms with Crippen LogP contribution in [0.5, 0.6) is 0 Å². The van der Waals surface area contributed by atoms with E-state index in [1.807, 2.05) is 0 Å². The van der Waals surface area contributed by atoms with Crippen LogP contribution in [0.1, 0.15) is 22.3 Å². The average molecular weight is 398 g/mol. The van der Waals surface area contributed by atoms with Gasteiger partial charge in [-0.25, -0.2) is 4.79 Å². The molecule has 152 valence electrons. The van der Waals surface area contributed by atoms with Crippen LogP contribution in [0.2, 0.25) is 0 Å². The van der Waals surface area contributed by atoms with Gasteiger partial charge in [-0.2, -0.15) is 0 Å². The monoisotopic (exact) mass is 398 g/mol. The zero-order valence-electron chi connectivity index (χ0n) is 15.5. The summed E-state index contributed by atoms with van der Waals surface area (Å²) in [6.45, 7) is -0.438. The summed E-state index contributed by atoms with van der Waals surface area (Å²) in [5.41, 5.74) is 6.69. The summed E-state index contributed by atoms with van der Waals surface area (Å²) in [6, 6.07) is 14.6. The Balaban J connectivity index is 2.08. The molecule has 0 saturated heterocycles. The highest BCUT2D eigenvalue weighted by molar-refractivity contribution is 6.00. The van der Waals surface area contributed by atoms with Crippen molar-refractivity contribution in [1.82, 2.24) is 4.90 Å². The number of carboxylic acids is 1. The number of rotatable bonds is 9. The number of amidine groups is 1. The minimum atomic E-state index is -1.64. The first-order valence-corrected chi connectivity index (χ1v) is 8.77. The highest BCUT2D eigenvalue weighted by Gasteiger charge is 2.22. The molecule has 9 heteroatoms. The van der Waals surface area contributed by atoms with Crippen molar-refractivity contribution in [3.05, 3.63) is 65.7 Å². The standard InChI is InChI=1S/C20H22N4O5/c21-18(22)13-6-8-15(9-7-13)23-17(26)12-24(11-10-16(25)20(28)29)19(27)14-4-2-1-3-5-14/h1-9,16,25H,10-12H2,(H3,21,22)(H,23,26)(H,28,29)/t16-/m0/s1. The topological polar surface area (TPSA) is 157 Å². The van der Waals surface area contributed by atoms with E-state index in [0.29, 0.717) is 16.8 Å². The predicted molar refractivity (Wildman–Crippen MR) is 107 cm³/mol. The molecule has 0 aliphatic rings. The van der Waals surface area contributed by atoms with Crippen molar-refractivity contribution in [2.45, 2.75) is 12.5 Å². The predicted octanol–water partition coefficient (Wildman–Crippen LogP) is 0.887. The quantitative estimate of drug-likeness (QED) is 0.312. The third-order valence-electron chi connectivity index (χ3n) is 4.08. The first-order chi connectivity index (χ1) is 13.8. The van der Waals surface area contributed by atoms with Gasteiger partial charge in [-0.15, -0.1) is 0 Å². The Morgan fingerprint density at radius 1 is 1.03 bits per heavy atom. The van der Waals surface area contributed by atoms with Gasteiger partial charge in [-0.3, -0.25) is 15.0 Å². The lowest BCUT2D eigenvalue weighted by Crippen LogP contribution is -2.40. The number of nitrogens with zero attached hydrogens (tertiary/aromatic N) is 1. The van der Waals surface area contributed by atoms with Gasteiger partial charge in [-0.1, -0.05) is 18.2 Å². The first-order valence-electron chi connectivity index (χ1n) is 8.77. The number of amides is 2. The molecule has 0 bridgehead atoms. The molecule has 0 aromatic heterocycles. The molecule has 2 rings (SSSR count). The van der Waals surface area contributed by atoms with E-state index in [9.17, 15) is 19.5 Å². The van der Waals surface area contributed by atoms with Gasteiger partial charge in [-0.05, 0) is 36.4 Å². The van der Waals surface area contributed by atoms with E-state index in [4.69, 9.17) is 16.2 Å². The summed E-state index contributed by atoms with van der Waals surface area (Å²) in [7, 11) is 0. The molecule has 0 spiro atoms. The third kappa shape index (κ3) is 6.43. The molecule has 29 heavy (non-hydrogen) atoms. The van der Waals surface area contributed by atoms with Crippen LogP contribution in [0, 0.1) is 5.41 Å². The van der Waals surface area contributed by atoms with Crippen molar-refractivity contribution >= 4 is 29.3 Å². The van der Waals surface area contributed by atoms with E-state index in [-0.39, 0.29) is 25.3 Å². The molecule has 1 atom stereocenters. The number of hydrogen-bond acceptors (Lipinski definition) is 5. The normalized spacial score (nSPS) is 11.3. The lowest BCUT2D eigenvalue weighted by Gasteiger charge is -2.23. The molecule has 0 fully saturated rings. The molecule has 0 unspecified atom stereocenters. The SMILES string of the molecule is N=C(N)c1ccc(NC(=O)CN(CC[C@H](O)C(=O)O)C(=O)c2ccccc2)cc1. The Labute approximate surface area is 167 Å². The number of aliphatic hydroxyl groups is 1. The van der Waals surface area contributed by atoms with Crippen molar-refractivity contribution < 1.29 is 24.6 Å². The molecule has 0 aliphatic heterocycles. The Morgan fingerprint density at radius 3 is 2.21 bits per heavy atom. The van der Waals surface area contributed by atoms with E-state index >= 15 is 0 Å². The smallest absolute Gasteiger partial charge is 0.332 e. The maximum atomic E-state index is 12.7. The summed E-state index contributed by atoms with van der Waals surface area (Å²) >= 11 is 0. The molecule has 2 aromatic rings. The lowest BCUT2D eigenvalue weighted by atomic mass is 10.1. The fourth-order valence-electron chi connectivity index (χ4n) is 2.52. The van der Waals surface area contributed by atoms with Crippen LogP contribution in [0.15, 0.2) is 54.6 Å². The number of aliphatic hydroxyl groups excluding tert-OH is 1. The third-order valence-corrected chi connectivity index (χ3v) is 4.08. The molecule has 2 aromatic carbocycles. The van der Waals surface area contributed by atoms with Gasteiger partial charge in [0.25, 0.3) is 5.91 Å². The Morgan fingerprint density at radius 2 is 1.66 bits per heavy atom. The molecular weight excluding hydrogens is 376 g/mol. The molecule has 2 amide bonds. The van der Waals surface area contributed by atoms with E-state index in [1.54, 1.807) is 54.6 Å². The lowest BCUT2D eigenvalue weighted by molar-refractivity contribution is -0.147. The zero-order valence-corrected chi connectivity index (χ0v) is 15.5. The highest BCUT2D eigenvalue weighted by atomic mass is 16.4. The summed E-state index contributed by atoms with van der Waals surface area (Å²) in [5.74, 6) is -2.44. The van der Waals surface area contributed by atoms with Gasteiger partial charge in [0.05, 0.1) is 0 Å². The van der Waals surface area contributed by atoms with Crippen LogP contribution in [0.3, 0.4) is 0 Å². The number of anilines is 1. The van der Waals surface area contributed by atoms with Crippen molar-refractivity contribution in [2.75, 3.05) is 18.4 Å². The molecule has 0 saturated carbocycles. The fraction of sp³-hybridized carbons (Fsp3) is 0.200. The number of carbonyl (C=O) groups excluding carboxylic acids is 2. The number of nitrogens with two attached hydrogens (primary N) is 1. The largest absolute Gasteiger partial charge is 0.479 e. The van der Waals surface area contributed by atoms with Crippen molar-refractivity contribution in [2.24, 2.45) is 5.73 Å². The average Bonchev–Trinajstić information content (AvgIpc) is 2.71. The number of hydrogen-bond donors (Lipinski definition) is 5. The second-order valence-corrected chi connectivity index (χ2v) is 6.27. The fourth-order valence-corrected chi connectivity index (χ4v) is 2.52. The molecule has 0 heterocycles. The Bertz CT molecular complexity index is 884. The number of benzene rings is 2. The molecule has 9 nitrogen and oxygen atoms in total. The molecular formula is C20H22N4O5. The van der Waals surface area contributed by atoms with Gasteiger partial charge < -0.3 is 26.2 Å². The second-order valence-electron chi connectivity index (χ2n) is 6.27. The summed E-state index contributed by atoms with van der Waals surface area (Å²) in [5, 5.41) is 28.3. The van der Waals surface area contributed by atoms with E-state index in [1.165, 1.54) is 4.90 Å². The number of carboxylic acid groups (broad SMARTS) is 1. The van der Waals surface area contributed by atoms with Gasteiger partial charge in [0.2, 0.25) is 5.91 Å². The van der Waals surface area contributed by atoms with Crippen LogP contribution in [0.4, 0.5) is 5.69 Å². The molecule has 0 aliphatic carbocycles. The van der Waals surface area contributed by atoms with Gasteiger partial charge in [0.1, 0.15) is 12.4 Å². The van der Waals surface area contributed by atoms with Gasteiger partial charge in [0, 0.05) is 29.8 Å². The minimum absolute atomic E-state index is 0.0977. The second kappa shape index (κ2) is 10.00. The minimum Gasteiger partial charge on any atom is -0.479 e. The van der Waals surface area contributed by atoms with E-state index in [0.717, 1.165) is 0 Å². The van der Waals surface area contributed by atoms with Crippen LogP contribution in [-0.4, -0.2) is 57.9 Å². The van der Waals surface area contributed by atoms with Crippen LogP contribution in [-0.2, 0) is 9.59 Å². The van der Waals surface area contributed by atoms with Crippen LogP contribution < -0.4 is 11.1 Å². The zero-order chi connectivity index (χ0) is 21.4.